The average molecular weight is 348 g/mol. The number of aliphatic hydroxyl groups is 2. The van der Waals surface area contributed by atoms with Gasteiger partial charge in [-0.15, -0.1) is 0 Å². The SMILES string of the molecule is COC(=O)[C@]12c3ccccc3-c3ccccc3[C@H]1[C@@H]1C(O)C(O)C=C[C@@H]12. The standard InChI is InChI=1S/C22H20O4/c1-26-21(25)22-15-9-5-4-7-13(15)12-6-2-3-8-14(12)19(22)18-16(22)10-11-17(23)20(18)24/h2-11,16-20,23-24H,1H3/t16-,17?,18+,19-,20?,22-/m0/s1. The van der Waals surface area contributed by atoms with Crippen LogP contribution in [0.25, 0.3) is 11.1 Å². The number of benzene rings is 2. The quantitative estimate of drug-likeness (QED) is 0.613. The van der Waals surface area contributed by atoms with Crippen molar-refractivity contribution < 1.29 is 19.7 Å². The highest BCUT2D eigenvalue weighted by Gasteiger charge is 2.71. The van der Waals surface area contributed by atoms with Gasteiger partial charge in [0.2, 0.25) is 0 Å². The first kappa shape index (κ1) is 15.8. The van der Waals surface area contributed by atoms with E-state index in [9.17, 15) is 15.0 Å². The van der Waals surface area contributed by atoms with Crippen LogP contribution >= 0.6 is 0 Å². The van der Waals surface area contributed by atoms with E-state index in [1.54, 1.807) is 6.08 Å². The first-order valence-corrected chi connectivity index (χ1v) is 8.94. The maximum atomic E-state index is 13.2. The van der Waals surface area contributed by atoms with Gasteiger partial charge in [0.25, 0.3) is 0 Å². The van der Waals surface area contributed by atoms with E-state index in [1.165, 1.54) is 7.11 Å². The number of esters is 1. The Morgan fingerprint density at radius 2 is 1.69 bits per heavy atom. The zero-order chi connectivity index (χ0) is 18.1. The van der Waals surface area contributed by atoms with Gasteiger partial charge in [-0.3, -0.25) is 4.79 Å². The minimum absolute atomic E-state index is 0.201. The molecule has 2 N–H and O–H groups in total. The van der Waals surface area contributed by atoms with Crippen molar-refractivity contribution in [2.24, 2.45) is 11.8 Å². The molecule has 0 saturated heterocycles. The van der Waals surface area contributed by atoms with Crippen LogP contribution in [0.3, 0.4) is 0 Å². The van der Waals surface area contributed by atoms with Crippen molar-refractivity contribution in [3.63, 3.8) is 0 Å². The molecule has 5 rings (SSSR count). The van der Waals surface area contributed by atoms with Crippen LogP contribution < -0.4 is 0 Å². The predicted octanol–water partition coefficient (Wildman–Crippen LogP) is 2.40. The summed E-state index contributed by atoms with van der Waals surface area (Å²) in [6.45, 7) is 0. The second-order valence-corrected chi connectivity index (χ2v) is 7.44. The third-order valence-corrected chi connectivity index (χ3v) is 6.56. The molecular formula is C22H20O4. The Morgan fingerprint density at radius 1 is 1.00 bits per heavy atom. The summed E-state index contributed by atoms with van der Waals surface area (Å²) in [6, 6.07) is 16.0. The summed E-state index contributed by atoms with van der Waals surface area (Å²) in [5, 5.41) is 20.9. The number of methoxy groups -OCH3 is 1. The first-order valence-electron chi connectivity index (χ1n) is 8.94. The molecule has 0 amide bonds. The van der Waals surface area contributed by atoms with Crippen LogP contribution in [0, 0.1) is 11.8 Å². The molecule has 2 aromatic carbocycles. The molecular weight excluding hydrogens is 328 g/mol. The van der Waals surface area contributed by atoms with Gasteiger partial charge in [0, 0.05) is 17.8 Å². The lowest BCUT2D eigenvalue weighted by atomic mass is 9.38. The van der Waals surface area contributed by atoms with E-state index in [1.807, 2.05) is 48.5 Å². The van der Waals surface area contributed by atoms with Crippen LogP contribution in [0.15, 0.2) is 60.7 Å². The molecule has 3 aliphatic carbocycles. The van der Waals surface area contributed by atoms with Crippen LogP contribution in [0.1, 0.15) is 17.0 Å². The molecule has 0 heterocycles. The fourth-order valence-corrected chi connectivity index (χ4v) is 5.60. The largest absolute Gasteiger partial charge is 0.468 e. The Morgan fingerprint density at radius 3 is 2.46 bits per heavy atom. The lowest BCUT2D eigenvalue weighted by Gasteiger charge is -2.64. The van der Waals surface area contributed by atoms with Gasteiger partial charge in [-0.25, -0.2) is 0 Å². The summed E-state index contributed by atoms with van der Waals surface area (Å²) < 4.78 is 5.28. The van der Waals surface area contributed by atoms with E-state index in [2.05, 4.69) is 6.07 Å². The Hall–Kier alpha value is -2.43. The van der Waals surface area contributed by atoms with Gasteiger partial charge in [-0.2, -0.15) is 0 Å². The van der Waals surface area contributed by atoms with Crippen LogP contribution in [0.4, 0.5) is 0 Å². The average Bonchev–Trinajstić information content (AvgIpc) is 2.66. The highest BCUT2D eigenvalue weighted by Crippen LogP contribution is 2.69. The van der Waals surface area contributed by atoms with Gasteiger partial charge < -0.3 is 14.9 Å². The molecule has 0 spiro atoms. The second-order valence-electron chi connectivity index (χ2n) is 7.44. The van der Waals surface area contributed by atoms with Gasteiger partial charge in [-0.05, 0) is 22.3 Å². The maximum absolute atomic E-state index is 13.2. The molecule has 2 aromatic rings. The number of hydrogen-bond donors (Lipinski definition) is 2. The van der Waals surface area contributed by atoms with Crippen LogP contribution in [-0.2, 0) is 14.9 Å². The Bertz CT molecular complexity index is 933. The molecule has 0 aliphatic heterocycles. The molecule has 0 bridgehead atoms. The van der Waals surface area contributed by atoms with Gasteiger partial charge in [0.1, 0.15) is 5.41 Å². The molecule has 26 heavy (non-hydrogen) atoms. The fourth-order valence-electron chi connectivity index (χ4n) is 5.60. The minimum Gasteiger partial charge on any atom is -0.468 e. The van der Waals surface area contributed by atoms with Crippen molar-refractivity contribution in [1.82, 2.24) is 0 Å². The summed E-state index contributed by atoms with van der Waals surface area (Å²) in [4.78, 5) is 13.2. The third kappa shape index (κ3) is 1.64. The number of ether oxygens (including phenoxy) is 1. The number of hydrogen-bond acceptors (Lipinski definition) is 4. The fraction of sp³-hybridized carbons (Fsp3) is 0.318. The number of allylic oxidation sites excluding steroid dienone is 1. The maximum Gasteiger partial charge on any atom is 0.317 e. The Balaban J connectivity index is 1.85. The number of fused-ring (bicyclic) bond motifs is 9. The number of carbonyl (C=O) groups is 1. The molecule has 6 atom stereocenters. The van der Waals surface area contributed by atoms with E-state index in [4.69, 9.17) is 4.74 Å². The van der Waals surface area contributed by atoms with Crippen molar-refractivity contribution >= 4 is 5.97 Å². The highest BCUT2D eigenvalue weighted by molar-refractivity contribution is 5.94. The topological polar surface area (TPSA) is 66.8 Å². The molecule has 3 aliphatic rings. The molecule has 4 nitrogen and oxygen atoms in total. The molecule has 1 saturated carbocycles. The van der Waals surface area contributed by atoms with Gasteiger partial charge in [0.05, 0.1) is 19.3 Å². The van der Waals surface area contributed by atoms with Crippen LogP contribution in [0.5, 0.6) is 0 Å². The second kappa shape index (κ2) is 5.29. The number of rotatable bonds is 1. The third-order valence-electron chi connectivity index (χ3n) is 6.56. The van der Waals surface area contributed by atoms with Crippen molar-refractivity contribution in [3.8, 4) is 11.1 Å². The Labute approximate surface area is 151 Å². The lowest BCUT2D eigenvalue weighted by Crippen LogP contribution is -2.68. The van der Waals surface area contributed by atoms with Crippen LogP contribution in [-0.4, -0.2) is 35.5 Å². The monoisotopic (exact) mass is 348 g/mol. The minimum atomic E-state index is -0.906. The van der Waals surface area contributed by atoms with Gasteiger partial charge in [0.15, 0.2) is 0 Å². The molecule has 4 heteroatoms. The first-order chi connectivity index (χ1) is 12.6. The van der Waals surface area contributed by atoms with E-state index in [0.29, 0.717) is 0 Å². The van der Waals surface area contributed by atoms with E-state index in [-0.39, 0.29) is 23.7 Å². The number of aliphatic hydroxyl groups excluding tert-OH is 2. The van der Waals surface area contributed by atoms with Gasteiger partial charge in [-0.1, -0.05) is 60.7 Å². The molecule has 2 unspecified atom stereocenters. The zero-order valence-electron chi connectivity index (χ0n) is 14.4. The van der Waals surface area contributed by atoms with E-state index in [0.717, 1.165) is 22.3 Å². The molecule has 1 fully saturated rings. The van der Waals surface area contributed by atoms with Crippen molar-refractivity contribution in [2.45, 2.75) is 23.5 Å². The predicted molar refractivity (Wildman–Crippen MR) is 96.4 cm³/mol. The lowest BCUT2D eigenvalue weighted by molar-refractivity contribution is -0.171. The summed E-state index contributed by atoms with van der Waals surface area (Å²) in [6.07, 6.45) is 1.69. The van der Waals surface area contributed by atoms with Crippen molar-refractivity contribution in [1.29, 1.82) is 0 Å². The molecule has 0 aromatic heterocycles. The zero-order valence-corrected chi connectivity index (χ0v) is 14.4. The van der Waals surface area contributed by atoms with Crippen molar-refractivity contribution in [3.05, 3.63) is 71.8 Å². The van der Waals surface area contributed by atoms with Crippen molar-refractivity contribution in [2.75, 3.05) is 7.11 Å². The molecule has 132 valence electrons. The van der Waals surface area contributed by atoms with Crippen LogP contribution in [0.2, 0.25) is 0 Å². The number of carbonyl (C=O) groups excluding carboxylic acids is 1. The highest BCUT2D eigenvalue weighted by atomic mass is 16.5. The smallest absolute Gasteiger partial charge is 0.317 e. The Kier molecular flexibility index (Phi) is 3.21. The van der Waals surface area contributed by atoms with E-state index < -0.39 is 17.6 Å². The van der Waals surface area contributed by atoms with Gasteiger partial charge >= 0.3 is 5.97 Å². The summed E-state index contributed by atoms with van der Waals surface area (Å²) in [7, 11) is 1.42. The molecule has 0 radical (unpaired) electrons. The summed E-state index contributed by atoms with van der Waals surface area (Å²) in [5.41, 5.74) is 3.26. The summed E-state index contributed by atoms with van der Waals surface area (Å²) in [5.74, 6) is -0.920. The normalized spacial score (nSPS) is 36.0. The summed E-state index contributed by atoms with van der Waals surface area (Å²) >= 11 is 0. The van der Waals surface area contributed by atoms with E-state index >= 15 is 0 Å².